The summed E-state index contributed by atoms with van der Waals surface area (Å²) in [6.07, 6.45) is 10.8. The zero-order valence-corrected chi connectivity index (χ0v) is 19.1. The van der Waals surface area contributed by atoms with Gasteiger partial charge in [0.15, 0.2) is 0 Å². The van der Waals surface area contributed by atoms with E-state index in [-0.39, 0.29) is 23.9 Å². The second-order valence-electron chi connectivity index (χ2n) is 10.8. The van der Waals surface area contributed by atoms with Gasteiger partial charge in [0.05, 0.1) is 30.7 Å². The van der Waals surface area contributed by atoms with Crippen LogP contribution in [-0.4, -0.2) is 47.7 Å². The number of hydrogen-bond donors (Lipinski definition) is 3. The first-order valence-corrected chi connectivity index (χ1v) is 11.6. The fourth-order valence-electron chi connectivity index (χ4n) is 6.26. The number of fused-ring (bicyclic) bond motifs is 3. The minimum absolute atomic E-state index is 0.0666. The van der Waals surface area contributed by atoms with Crippen LogP contribution in [0.3, 0.4) is 0 Å². The molecule has 0 bridgehead atoms. The van der Waals surface area contributed by atoms with Crippen LogP contribution in [0.4, 0.5) is 0 Å². The fraction of sp³-hybridized carbons (Fsp3) is 0.800. The van der Waals surface area contributed by atoms with Crippen molar-refractivity contribution in [2.24, 2.45) is 34.0 Å². The first-order valence-electron chi connectivity index (χ1n) is 11.6. The first-order chi connectivity index (χ1) is 14.2. The van der Waals surface area contributed by atoms with E-state index in [1.807, 2.05) is 6.92 Å². The highest BCUT2D eigenvalue weighted by molar-refractivity contribution is 5.77. The second kappa shape index (κ2) is 8.76. The van der Waals surface area contributed by atoms with Gasteiger partial charge in [0.1, 0.15) is 6.61 Å². The molecule has 0 aliphatic heterocycles. The van der Waals surface area contributed by atoms with Crippen molar-refractivity contribution in [3.05, 3.63) is 23.3 Å². The number of hydrogen-bond acceptors (Lipinski definition) is 5. The Hall–Kier alpha value is -1.17. The maximum Gasteiger partial charge on any atom is 0.312 e. The van der Waals surface area contributed by atoms with E-state index in [4.69, 9.17) is 4.74 Å². The van der Waals surface area contributed by atoms with Crippen LogP contribution in [0.15, 0.2) is 23.3 Å². The molecule has 30 heavy (non-hydrogen) atoms. The molecule has 0 aromatic carbocycles. The van der Waals surface area contributed by atoms with Crippen molar-refractivity contribution < 1.29 is 24.9 Å². The van der Waals surface area contributed by atoms with Gasteiger partial charge in [-0.15, -0.1) is 0 Å². The zero-order valence-electron chi connectivity index (χ0n) is 19.1. The van der Waals surface area contributed by atoms with Crippen LogP contribution in [0.2, 0.25) is 0 Å². The van der Waals surface area contributed by atoms with Crippen LogP contribution < -0.4 is 0 Å². The number of aliphatic hydroxyl groups is 3. The predicted molar refractivity (Wildman–Crippen MR) is 117 cm³/mol. The minimum atomic E-state index is -1.19. The summed E-state index contributed by atoms with van der Waals surface area (Å²) in [5.74, 6) is 1.01. The van der Waals surface area contributed by atoms with E-state index in [0.717, 1.165) is 38.5 Å². The number of ether oxygens (including phenoxy) is 1. The summed E-state index contributed by atoms with van der Waals surface area (Å²) in [6.45, 7) is 7.48. The number of esters is 1. The van der Waals surface area contributed by atoms with Gasteiger partial charge in [-0.05, 0) is 67.8 Å². The maximum absolute atomic E-state index is 13.3. The van der Waals surface area contributed by atoms with Gasteiger partial charge in [-0.3, -0.25) is 4.79 Å². The third-order valence-electron chi connectivity index (χ3n) is 8.56. The Morgan fingerprint density at radius 1 is 1.20 bits per heavy atom. The number of carbonyl (C=O) groups excluding carboxylic acids is 1. The van der Waals surface area contributed by atoms with Crippen molar-refractivity contribution in [3.8, 4) is 0 Å². The predicted octanol–water partition coefficient (Wildman–Crippen LogP) is 3.63. The summed E-state index contributed by atoms with van der Waals surface area (Å²) in [5.41, 5.74) is 1.28. The van der Waals surface area contributed by atoms with Crippen LogP contribution in [0, 0.1) is 34.0 Å². The molecule has 0 unspecified atom stereocenters. The summed E-state index contributed by atoms with van der Waals surface area (Å²) >= 11 is 0. The molecule has 0 heterocycles. The summed E-state index contributed by atoms with van der Waals surface area (Å²) in [4.78, 5) is 13.3. The normalized spacial score (nSPS) is 34.0. The van der Waals surface area contributed by atoms with Crippen LogP contribution in [0.5, 0.6) is 0 Å². The van der Waals surface area contributed by atoms with Gasteiger partial charge >= 0.3 is 5.97 Å². The molecule has 0 aromatic rings. The van der Waals surface area contributed by atoms with E-state index >= 15 is 0 Å². The number of allylic oxidation sites excluding steroid dienone is 4. The van der Waals surface area contributed by atoms with E-state index in [0.29, 0.717) is 11.8 Å². The molecule has 3 N–H and O–H groups in total. The number of rotatable bonds is 7. The van der Waals surface area contributed by atoms with E-state index in [1.165, 1.54) is 11.1 Å². The largest absolute Gasteiger partial charge is 0.464 e. The van der Waals surface area contributed by atoms with Crippen molar-refractivity contribution in [1.29, 1.82) is 0 Å². The summed E-state index contributed by atoms with van der Waals surface area (Å²) in [5, 5.41) is 28.7. The maximum atomic E-state index is 13.3. The average molecular weight is 421 g/mol. The van der Waals surface area contributed by atoms with Gasteiger partial charge in [0.2, 0.25) is 0 Å². The zero-order chi connectivity index (χ0) is 22.2. The second-order valence-corrected chi connectivity index (χ2v) is 10.8. The molecule has 0 amide bonds. The van der Waals surface area contributed by atoms with Crippen molar-refractivity contribution in [3.63, 3.8) is 0 Å². The molecule has 3 rings (SSSR count). The van der Waals surface area contributed by atoms with E-state index in [2.05, 4.69) is 32.9 Å². The van der Waals surface area contributed by atoms with Gasteiger partial charge < -0.3 is 20.1 Å². The monoisotopic (exact) mass is 420 g/mol. The lowest BCUT2D eigenvalue weighted by Gasteiger charge is -2.57. The molecule has 0 radical (unpaired) electrons. The Labute approximate surface area is 181 Å². The summed E-state index contributed by atoms with van der Waals surface area (Å²) < 4.78 is 5.65. The Morgan fingerprint density at radius 3 is 2.47 bits per heavy atom. The standard InChI is InChI=1S/C25H40O5/c1-17(2)18-6-8-20-19(12-18)7-9-21-23(20,3)10-5-11-24(21,4)22(29)30-16-25(13-26,14-27)15-28/h7,12,17,20-21,26-28H,5-6,8-11,13-16H2,1-4H3/t20-,21+,23+,24+/m0/s1. The average Bonchev–Trinajstić information content (AvgIpc) is 2.74. The van der Waals surface area contributed by atoms with Crippen LogP contribution in [0.25, 0.3) is 0 Å². The lowest BCUT2D eigenvalue weighted by atomic mass is 9.47. The Morgan fingerprint density at radius 2 is 1.87 bits per heavy atom. The summed E-state index contributed by atoms with van der Waals surface area (Å²) in [6, 6.07) is 0. The number of carbonyl (C=O) groups is 1. The van der Waals surface area contributed by atoms with Gasteiger partial charge in [0, 0.05) is 0 Å². The fourth-order valence-corrected chi connectivity index (χ4v) is 6.26. The van der Waals surface area contributed by atoms with Crippen LogP contribution >= 0.6 is 0 Å². The van der Waals surface area contributed by atoms with Gasteiger partial charge in [0.25, 0.3) is 0 Å². The summed E-state index contributed by atoms with van der Waals surface area (Å²) in [7, 11) is 0. The lowest BCUT2D eigenvalue weighted by molar-refractivity contribution is -0.176. The molecule has 5 heteroatoms. The van der Waals surface area contributed by atoms with Gasteiger partial charge in [-0.2, -0.15) is 0 Å². The molecular formula is C25H40O5. The van der Waals surface area contributed by atoms with E-state index < -0.39 is 30.7 Å². The Kier molecular flexibility index (Phi) is 6.86. The third kappa shape index (κ3) is 3.89. The first kappa shape index (κ1) is 23.5. The van der Waals surface area contributed by atoms with Gasteiger partial charge in [-0.1, -0.05) is 44.9 Å². The molecule has 1 fully saturated rings. The highest BCUT2D eigenvalue weighted by Crippen LogP contribution is 2.62. The van der Waals surface area contributed by atoms with E-state index in [1.54, 1.807) is 0 Å². The minimum Gasteiger partial charge on any atom is -0.464 e. The van der Waals surface area contributed by atoms with Crippen molar-refractivity contribution in [1.82, 2.24) is 0 Å². The molecule has 0 spiro atoms. The number of aliphatic hydroxyl groups excluding tert-OH is 3. The van der Waals surface area contributed by atoms with E-state index in [9.17, 15) is 20.1 Å². The molecule has 0 aromatic heterocycles. The lowest BCUT2D eigenvalue weighted by Crippen LogP contribution is -2.54. The molecule has 3 aliphatic rings. The van der Waals surface area contributed by atoms with Crippen LogP contribution in [0.1, 0.15) is 66.2 Å². The SMILES string of the molecule is CC(C)C1=CC2=CC[C@@H]3[C@](C)(CCC[C@@]3(C)C(=O)OCC(CO)(CO)CO)[C@H]2CC1. The third-order valence-corrected chi connectivity index (χ3v) is 8.56. The van der Waals surface area contributed by atoms with Crippen molar-refractivity contribution in [2.75, 3.05) is 26.4 Å². The Balaban J connectivity index is 1.84. The molecule has 5 nitrogen and oxygen atoms in total. The van der Waals surface area contributed by atoms with Crippen molar-refractivity contribution in [2.45, 2.75) is 66.2 Å². The molecule has 170 valence electrons. The Bertz CT molecular complexity index is 696. The topological polar surface area (TPSA) is 87.0 Å². The molecule has 4 atom stereocenters. The quantitative estimate of drug-likeness (QED) is 0.548. The molecule has 0 saturated heterocycles. The van der Waals surface area contributed by atoms with Gasteiger partial charge in [-0.25, -0.2) is 0 Å². The highest BCUT2D eigenvalue weighted by Gasteiger charge is 2.57. The van der Waals surface area contributed by atoms with Crippen LogP contribution in [-0.2, 0) is 9.53 Å². The molecule has 3 aliphatic carbocycles. The highest BCUT2D eigenvalue weighted by atomic mass is 16.5. The smallest absolute Gasteiger partial charge is 0.312 e. The molecular weight excluding hydrogens is 380 g/mol. The molecule has 1 saturated carbocycles. The van der Waals surface area contributed by atoms with Crippen molar-refractivity contribution >= 4 is 5.97 Å².